The zero-order valence-electron chi connectivity index (χ0n) is 20.7. The van der Waals surface area contributed by atoms with Crippen molar-refractivity contribution in [2.45, 2.75) is 64.4 Å². The predicted molar refractivity (Wildman–Crippen MR) is 128 cm³/mol. The van der Waals surface area contributed by atoms with E-state index in [-0.39, 0.29) is 29.3 Å². The molecule has 1 fully saturated rings. The molecule has 3 atom stereocenters. The van der Waals surface area contributed by atoms with E-state index >= 15 is 0 Å². The van der Waals surface area contributed by atoms with Gasteiger partial charge in [0, 0.05) is 22.9 Å². The number of methoxy groups -OCH3 is 2. The van der Waals surface area contributed by atoms with E-state index < -0.39 is 23.8 Å². The Balaban J connectivity index is 1.82. The van der Waals surface area contributed by atoms with Gasteiger partial charge in [0.25, 0.3) is 0 Å². The summed E-state index contributed by atoms with van der Waals surface area (Å²) in [5, 5.41) is 13.4. The van der Waals surface area contributed by atoms with Gasteiger partial charge in [0.1, 0.15) is 12.0 Å². The number of rotatable bonds is 5. The Kier molecular flexibility index (Phi) is 7.19. The third-order valence-electron chi connectivity index (χ3n) is 7.33. The summed E-state index contributed by atoms with van der Waals surface area (Å²) in [4.78, 5) is 39.9. The van der Waals surface area contributed by atoms with Crippen molar-refractivity contribution in [3.63, 3.8) is 0 Å². The van der Waals surface area contributed by atoms with Gasteiger partial charge < -0.3 is 24.6 Å². The Morgan fingerprint density at radius 3 is 2.49 bits per heavy atom. The van der Waals surface area contributed by atoms with Gasteiger partial charge in [0.2, 0.25) is 0 Å². The minimum Gasteiger partial charge on any atom is -0.504 e. The Morgan fingerprint density at radius 2 is 1.83 bits per heavy atom. The number of aromatic hydroxyl groups is 1. The number of benzene rings is 1. The number of allylic oxidation sites excluding steroid dienone is 3. The molecule has 0 bridgehead atoms. The molecule has 0 radical (unpaired) electrons. The van der Waals surface area contributed by atoms with E-state index in [2.05, 4.69) is 5.32 Å². The molecule has 0 amide bonds. The predicted octanol–water partition coefficient (Wildman–Crippen LogP) is 3.89. The van der Waals surface area contributed by atoms with Gasteiger partial charge in [-0.3, -0.25) is 9.59 Å². The summed E-state index contributed by atoms with van der Waals surface area (Å²) in [7, 11) is 2.71. The number of phenolic OH excluding ortho intramolecular Hbond substituents is 1. The van der Waals surface area contributed by atoms with Crippen LogP contribution in [0.2, 0.25) is 0 Å². The van der Waals surface area contributed by atoms with Gasteiger partial charge >= 0.3 is 11.9 Å². The molecule has 0 spiro atoms. The zero-order valence-corrected chi connectivity index (χ0v) is 20.7. The maximum atomic E-state index is 13.8. The summed E-state index contributed by atoms with van der Waals surface area (Å²) in [6.07, 6.45) is 5.08. The highest BCUT2D eigenvalue weighted by molar-refractivity contribution is 6.12. The Labute approximate surface area is 205 Å². The van der Waals surface area contributed by atoms with Crippen molar-refractivity contribution < 1.29 is 33.7 Å². The van der Waals surface area contributed by atoms with E-state index in [0.717, 1.165) is 32.1 Å². The average molecular weight is 484 g/mol. The first kappa shape index (κ1) is 24.8. The van der Waals surface area contributed by atoms with Crippen LogP contribution in [0.1, 0.15) is 63.9 Å². The number of esters is 2. The summed E-state index contributed by atoms with van der Waals surface area (Å²) < 4.78 is 16.2. The van der Waals surface area contributed by atoms with Crippen LogP contribution in [-0.4, -0.2) is 43.2 Å². The fourth-order valence-corrected chi connectivity index (χ4v) is 5.56. The molecular weight excluding hydrogens is 450 g/mol. The van der Waals surface area contributed by atoms with Crippen LogP contribution < -0.4 is 10.1 Å². The van der Waals surface area contributed by atoms with Crippen molar-refractivity contribution in [2.75, 3.05) is 14.2 Å². The summed E-state index contributed by atoms with van der Waals surface area (Å²) in [6, 6.07) is 4.76. The van der Waals surface area contributed by atoms with Gasteiger partial charge in [0.15, 0.2) is 17.3 Å². The fourth-order valence-electron chi connectivity index (χ4n) is 5.56. The molecule has 0 aromatic heterocycles. The quantitative estimate of drug-likeness (QED) is 0.479. The maximum Gasteiger partial charge on any atom is 0.337 e. The van der Waals surface area contributed by atoms with Crippen molar-refractivity contribution in [1.82, 2.24) is 5.32 Å². The lowest BCUT2D eigenvalue weighted by molar-refractivity contribution is -0.151. The topological polar surface area (TPSA) is 111 Å². The van der Waals surface area contributed by atoms with Gasteiger partial charge in [-0.15, -0.1) is 0 Å². The standard InChI is InChI=1S/C27H33NO7/c1-14-12-18-24(25(30)21(14)26(31)34-4)23(16-10-11-19(29)20(13-16)33-3)22(15(2)28-18)27(32)35-17-8-6-5-7-9-17/h10-11,13-14,17,21,23,28-29H,5-9,12H2,1-4H3/t14-,21-,23+/m1/s1. The number of carbonyl (C=O) groups is 3. The zero-order chi connectivity index (χ0) is 25.3. The van der Waals surface area contributed by atoms with Crippen molar-refractivity contribution in [1.29, 1.82) is 0 Å². The van der Waals surface area contributed by atoms with Gasteiger partial charge in [0.05, 0.1) is 19.8 Å². The van der Waals surface area contributed by atoms with Crippen LogP contribution in [0, 0.1) is 11.8 Å². The Bertz CT molecular complexity index is 1100. The monoisotopic (exact) mass is 483 g/mol. The number of ether oxygens (including phenoxy) is 3. The molecule has 0 unspecified atom stereocenters. The largest absolute Gasteiger partial charge is 0.504 e. The number of dihydropyridines is 1. The molecule has 2 aliphatic carbocycles. The lowest BCUT2D eigenvalue weighted by atomic mass is 9.69. The van der Waals surface area contributed by atoms with Gasteiger partial charge in [-0.25, -0.2) is 4.79 Å². The number of hydrogen-bond donors (Lipinski definition) is 2. The Morgan fingerprint density at radius 1 is 1.11 bits per heavy atom. The van der Waals surface area contributed by atoms with Crippen LogP contribution in [0.25, 0.3) is 0 Å². The first-order chi connectivity index (χ1) is 16.8. The number of phenols is 1. The van der Waals surface area contributed by atoms with Gasteiger partial charge in [-0.1, -0.05) is 19.4 Å². The van der Waals surface area contributed by atoms with Crippen molar-refractivity contribution in [3.8, 4) is 11.5 Å². The second-order valence-electron chi connectivity index (χ2n) is 9.63. The van der Waals surface area contributed by atoms with Gasteiger partial charge in [-0.05, 0) is 62.6 Å². The lowest BCUT2D eigenvalue weighted by Gasteiger charge is -2.38. The Hall–Kier alpha value is -3.29. The van der Waals surface area contributed by atoms with Crippen LogP contribution >= 0.6 is 0 Å². The van der Waals surface area contributed by atoms with E-state index in [0.29, 0.717) is 34.5 Å². The van der Waals surface area contributed by atoms with E-state index in [1.54, 1.807) is 19.1 Å². The van der Waals surface area contributed by atoms with E-state index in [1.807, 2.05) is 6.92 Å². The van der Waals surface area contributed by atoms with Crippen LogP contribution in [-0.2, 0) is 23.9 Å². The summed E-state index contributed by atoms with van der Waals surface area (Å²) in [5.41, 5.74) is 2.57. The van der Waals surface area contributed by atoms with Crippen molar-refractivity contribution in [3.05, 3.63) is 46.3 Å². The molecule has 0 saturated heterocycles. The molecule has 1 aromatic carbocycles. The molecule has 188 valence electrons. The third-order valence-corrected chi connectivity index (χ3v) is 7.33. The lowest BCUT2D eigenvalue weighted by Crippen LogP contribution is -2.43. The first-order valence-corrected chi connectivity index (χ1v) is 12.2. The summed E-state index contributed by atoms with van der Waals surface area (Å²) in [5.74, 6) is -3.27. The summed E-state index contributed by atoms with van der Waals surface area (Å²) in [6.45, 7) is 3.64. The fraction of sp³-hybridized carbons (Fsp3) is 0.519. The van der Waals surface area contributed by atoms with Crippen molar-refractivity contribution in [2.24, 2.45) is 11.8 Å². The highest BCUT2D eigenvalue weighted by Crippen LogP contribution is 2.47. The van der Waals surface area contributed by atoms with E-state index in [9.17, 15) is 19.5 Å². The molecule has 3 aliphatic rings. The molecule has 1 saturated carbocycles. The minimum absolute atomic E-state index is 0.0533. The number of carbonyl (C=O) groups excluding carboxylic acids is 3. The molecular formula is C27H33NO7. The molecule has 35 heavy (non-hydrogen) atoms. The molecule has 8 nitrogen and oxygen atoms in total. The van der Waals surface area contributed by atoms with Crippen LogP contribution in [0.5, 0.6) is 11.5 Å². The van der Waals surface area contributed by atoms with Crippen LogP contribution in [0.3, 0.4) is 0 Å². The number of Topliss-reactive ketones (excluding diaryl/α,β-unsaturated/α-hetero) is 1. The van der Waals surface area contributed by atoms with Gasteiger partial charge in [-0.2, -0.15) is 0 Å². The first-order valence-electron chi connectivity index (χ1n) is 12.2. The molecule has 4 rings (SSSR count). The molecule has 2 N–H and O–H groups in total. The van der Waals surface area contributed by atoms with Crippen LogP contribution in [0.4, 0.5) is 0 Å². The molecule has 1 aliphatic heterocycles. The third kappa shape index (κ3) is 4.66. The number of hydrogen-bond acceptors (Lipinski definition) is 8. The SMILES string of the molecule is COC(=O)[C@H]1C(=O)C2=C(C[C@H]1C)NC(C)=C(C(=O)OC1CCCCC1)[C@@H]2c1ccc(O)c(OC)c1. The number of nitrogens with one attached hydrogen (secondary N) is 1. The van der Waals surface area contributed by atoms with Crippen molar-refractivity contribution >= 4 is 17.7 Å². The summed E-state index contributed by atoms with van der Waals surface area (Å²) >= 11 is 0. The highest BCUT2D eigenvalue weighted by atomic mass is 16.5. The minimum atomic E-state index is -0.962. The second kappa shape index (κ2) is 10.1. The maximum absolute atomic E-state index is 13.8. The highest BCUT2D eigenvalue weighted by Gasteiger charge is 2.47. The number of ketones is 1. The molecule has 1 heterocycles. The smallest absolute Gasteiger partial charge is 0.337 e. The van der Waals surface area contributed by atoms with E-state index in [1.165, 1.54) is 20.3 Å². The van der Waals surface area contributed by atoms with Crippen LogP contribution in [0.15, 0.2) is 40.7 Å². The molecule has 1 aromatic rings. The van der Waals surface area contributed by atoms with E-state index in [4.69, 9.17) is 14.2 Å². The normalized spacial score (nSPS) is 25.0. The molecule has 8 heteroatoms. The second-order valence-corrected chi connectivity index (χ2v) is 9.63. The average Bonchev–Trinajstić information content (AvgIpc) is 2.83.